The number of carbonyl (C=O) groups is 1. The third-order valence-electron chi connectivity index (χ3n) is 2.05. The molecule has 0 saturated heterocycles. The highest BCUT2D eigenvalue weighted by atomic mass is 19.1. The molecule has 1 heterocycles. The minimum Gasteiger partial charge on any atom is -0.478 e. The van der Waals surface area contributed by atoms with E-state index in [2.05, 4.69) is 0 Å². The third kappa shape index (κ3) is 1.08. The summed E-state index contributed by atoms with van der Waals surface area (Å²) in [5.41, 5.74) is 0.165. The van der Waals surface area contributed by atoms with E-state index in [1.807, 2.05) is 0 Å². The van der Waals surface area contributed by atoms with E-state index in [0.717, 1.165) is 0 Å². The Hall–Kier alpha value is -1.84. The van der Waals surface area contributed by atoms with E-state index < -0.39 is 11.8 Å². The molecule has 4 heteroatoms. The zero-order chi connectivity index (χ0) is 10.3. The molecule has 14 heavy (non-hydrogen) atoms. The lowest BCUT2D eigenvalue weighted by Crippen LogP contribution is -1.97. The lowest BCUT2D eigenvalue weighted by Gasteiger charge is -1.92. The second-order valence-electron chi connectivity index (χ2n) is 2.95. The number of hydrogen-bond donors (Lipinski definition) is 1. The van der Waals surface area contributed by atoms with Gasteiger partial charge >= 0.3 is 5.97 Å². The van der Waals surface area contributed by atoms with Crippen LogP contribution in [0.5, 0.6) is 0 Å². The molecular weight excluding hydrogens is 187 g/mol. The number of carboxylic acid groups (broad SMARTS) is 1. The minimum atomic E-state index is -1.17. The molecule has 1 N–H and O–H groups in total. The van der Waals surface area contributed by atoms with Crippen molar-refractivity contribution < 1.29 is 18.7 Å². The average molecular weight is 194 g/mol. The zero-order valence-electron chi connectivity index (χ0n) is 7.37. The summed E-state index contributed by atoms with van der Waals surface area (Å²) >= 11 is 0. The number of carboxylic acids is 1. The summed E-state index contributed by atoms with van der Waals surface area (Å²) in [6.45, 7) is 1.50. The van der Waals surface area contributed by atoms with Crippen molar-refractivity contribution >= 4 is 16.9 Å². The number of hydrogen-bond acceptors (Lipinski definition) is 2. The monoisotopic (exact) mass is 194 g/mol. The first-order valence-corrected chi connectivity index (χ1v) is 4.02. The Bertz CT molecular complexity index is 513. The molecule has 72 valence electrons. The molecule has 0 saturated carbocycles. The van der Waals surface area contributed by atoms with Crippen LogP contribution < -0.4 is 0 Å². The highest BCUT2D eigenvalue weighted by Gasteiger charge is 2.19. The van der Waals surface area contributed by atoms with E-state index >= 15 is 0 Å². The smallest absolute Gasteiger partial charge is 0.340 e. The molecule has 0 aliphatic heterocycles. The maximum absolute atomic E-state index is 13.3. The molecule has 0 aliphatic rings. The third-order valence-corrected chi connectivity index (χ3v) is 2.05. The SMILES string of the molecule is Cc1oc2cccc(F)c2c1C(=O)O. The predicted octanol–water partition coefficient (Wildman–Crippen LogP) is 2.58. The summed E-state index contributed by atoms with van der Waals surface area (Å²) in [6, 6.07) is 4.23. The summed E-state index contributed by atoms with van der Waals surface area (Å²) in [7, 11) is 0. The highest BCUT2D eigenvalue weighted by molar-refractivity contribution is 6.03. The number of fused-ring (bicyclic) bond motifs is 1. The van der Waals surface area contributed by atoms with Gasteiger partial charge in [0.05, 0.1) is 5.39 Å². The number of furan rings is 1. The van der Waals surface area contributed by atoms with Crippen molar-refractivity contribution in [3.8, 4) is 0 Å². The first-order chi connectivity index (χ1) is 6.61. The largest absolute Gasteiger partial charge is 0.478 e. The van der Waals surface area contributed by atoms with Gasteiger partial charge in [0.2, 0.25) is 0 Å². The maximum atomic E-state index is 13.3. The van der Waals surface area contributed by atoms with Crippen molar-refractivity contribution in [2.75, 3.05) is 0 Å². The van der Waals surface area contributed by atoms with Crippen LogP contribution in [0.4, 0.5) is 4.39 Å². The first-order valence-electron chi connectivity index (χ1n) is 4.02. The van der Waals surface area contributed by atoms with Gasteiger partial charge in [-0.25, -0.2) is 9.18 Å². The van der Waals surface area contributed by atoms with Gasteiger partial charge in [-0.05, 0) is 19.1 Å². The van der Waals surface area contributed by atoms with Gasteiger partial charge in [0.25, 0.3) is 0 Å². The molecular formula is C10H7FO3. The van der Waals surface area contributed by atoms with E-state index in [1.165, 1.54) is 25.1 Å². The summed E-state index contributed by atoms with van der Waals surface area (Å²) < 4.78 is 18.4. The van der Waals surface area contributed by atoms with Crippen LogP contribution in [0, 0.1) is 12.7 Å². The van der Waals surface area contributed by atoms with Crippen LogP contribution in [0.3, 0.4) is 0 Å². The van der Waals surface area contributed by atoms with E-state index in [-0.39, 0.29) is 22.3 Å². The summed E-state index contributed by atoms with van der Waals surface area (Å²) in [6.07, 6.45) is 0. The molecule has 0 amide bonds. The molecule has 0 radical (unpaired) electrons. The van der Waals surface area contributed by atoms with Crippen LogP contribution in [-0.2, 0) is 0 Å². The van der Waals surface area contributed by atoms with Gasteiger partial charge < -0.3 is 9.52 Å². The average Bonchev–Trinajstić information content (AvgIpc) is 2.42. The lowest BCUT2D eigenvalue weighted by molar-refractivity contribution is 0.0696. The van der Waals surface area contributed by atoms with Crippen LogP contribution in [0.25, 0.3) is 11.0 Å². The Balaban J connectivity index is 2.93. The van der Waals surface area contributed by atoms with Crippen LogP contribution in [0.1, 0.15) is 16.1 Å². The molecule has 0 fully saturated rings. The Morgan fingerprint density at radius 3 is 2.86 bits per heavy atom. The van der Waals surface area contributed by atoms with Crippen molar-refractivity contribution in [2.45, 2.75) is 6.92 Å². The Morgan fingerprint density at radius 2 is 2.21 bits per heavy atom. The molecule has 1 aromatic heterocycles. The van der Waals surface area contributed by atoms with Crippen LogP contribution in [0.2, 0.25) is 0 Å². The Kier molecular flexibility index (Phi) is 1.77. The number of aromatic carboxylic acids is 1. The van der Waals surface area contributed by atoms with E-state index in [4.69, 9.17) is 9.52 Å². The fourth-order valence-corrected chi connectivity index (χ4v) is 1.48. The fourth-order valence-electron chi connectivity index (χ4n) is 1.48. The lowest BCUT2D eigenvalue weighted by atomic mass is 10.1. The zero-order valence-corrected chi connectivity index (χ0v) is 7.37. The molecule has 3 nitrogen and oxygen atoms in total. The van der Waals surface area contributed by atoms with Gasteiger partial charge in [-0.1, -0.05) is 6.07 Å². The van der Waals surface area contributed by atoms with Gasteiger partial charge in [0.1, 0.15) is 22.7 Å². The van der Waals surface area contributed by atoms with Crippen molar-refractivity contribution in [1.29, 1.82) is 0 Å². The summed E-state index contributed by atoms with van der Waals surface area (Å²) in [5.74, 6) is -1.53. The second-order valence-corrected chi connectivity index (χ2v) is 2.95. The number of benzene rings is 1. The minimum absolute atomic E-state index is 0.0394. The summed E-state index contributed by atoms with van der Waals surface area (Å²) in [5, 5.41) is 8.89. The predicted molar refractivity (Wildman–Crippen MR) is 47.9 cm³/mol. The van der Waals surface area contributed by atoms with Crippen LogP contribution in [0.15, 0.2) is 22.6 Å². The van der Waals surface area contributed by atoms with Gasteiger partial charge in [0.15, 0.2) is 0 Å². The highest BCUT2D eigenvalue weighted by Crippen LogP contribution is 2.27. The standard InChI is InChI=1S/C10H7FO3/c1-5-8(10(12)13)9-6(11)3-2-4-7(9)14-5/h2-4H,1H3,(H,12,13). The molecule has 0 atom stereocenters. The van der Waals surface area contributed by atoms with Crippen LogP contribution >= 0.6 is 0 Å². The topological polar surface area (TPSA) is 50.4 Å². The normalized spacial score (nSPS) is 10.7. The van der Waals surface area contributed by atoms with Gasteiger partial charge in [0, 0.05) is 0 Å². The molecule has 2 aromatic rings. The molecule has 2 rings (SSSR count). The van der Waals surface area contributed by atoms with Crippen molar-refractivity contribution in [1.82, 2.24) is 0 Å². The Morgan fingerprint density at radius 1 is 1.50 bits per heavy atom. The van der Waals surface area contributed by atoms with E-state index in [9.17, 15) is 9.18 Å². The van der Waals surface area contributed by atoms with E-state index in [1.54, 1.807) is 0 Å². The first kappa shape index (κ1) is 8.74. The number of halogens is 1. The molecule has 0 bridgehead atoms. The quantitative estimate of drug-likeness (QED) is 0.758. The van der Waals surface area contributed by atoms with Gasteiger partial charge in [-0.2, -0.15) is 0 Å². The van der Waals surface area contributed by atoms with E-state index in [0.29, 0.717) is 0 Å². The number of aryl methyl sites for hydroxylation is 1. The van der Waals surface area contributed by atoms with Crippen LogP contribution in [-0.4, -0.2) is 11.1 Å². The van der Waals surface area contributed by atoms with Gasteiger partial charge in [-0.15, -0.1) is 0 Å². The Labute approximate surface area is 78.8 Å². The molecule has 0 spiro atoms. The molecule has 0 unspecified atom stereocenters. The number of rotatable bonds is 1. The second kappa shape index (κ2) is 2.83. The van der Waals surface area contributed by atoms with Crippen molar-refractivity contribution in [3.63, 3.8) is 0 Å². The van der Waals surface area contributed by atoms with Gasteiger partial charge in [-0.3, -0.25) is 0 Å². The van der Waals surface area contributed by atoms with Crippen molar-refractivity contribution in [3.05, 3.63) is 35.3 Å². The fraction of sp³-hybridized carbons (Fsp3) is 0.100. The molecule has 0 aliphatic carbocycles. The molecule has 1 aromatic carbocycles. The van der Waals surface area contributed by atoms with Crippen molar-refractivity contribution in [2.24, 2.45) is 0 Å². The maximum Gasteiger partial charge on any atom is 0.340 e. The summed E-state index contributed by atoms with van der Waals surface area (Å²) in [4.78, 5) is 10.8.